The second kappa shape index (κ2) is 7.94. The number of halogens is 1. The first-order valence-electron chi connectivity index (χ1n) is 7.02. The van der Waals surface area contributed by atoms with E-state index in [9.17, 15) is 14.3 Å². The number of aliphatic hydroxyl groups is 1. The first-order chi connectivity index (χ1) is 9.55. The molecule has 0 radical (unpaired) electrons. The zero-order chi connectivity index (χ0) is 15.0. The van der Waals surface area contributed by atoms with Crippen molar-refractivity contribution in [2.75, 3.05) is 13.2 Å². The molecule has 1 heterocycles. The highest BCUT2D eigenvalue weighted by molar-refractivity contribution is 5.76. The average molecular weight is 282 g/mol. The van der Waals surface area contributed by atoms with Crippen molar-refractivity contribution in [1.82, 2.24) is 10.3 Å². The Balaban J connectivity index is 2.40. The number of hydrogen-bond acceptors (Lipinski definition) is 3. The third kappa shape index (κ3) is 4.89. The summed E-state index contributed by atoms with van der Waals surface area (Å²) in [5, 5.41) is 12.3. The molecule has 1 aromatic rings. The average Bonchev–Trinajstić information content (AvgIpc) is 2.47. The van der Waals surface area contributed by atoms with Crippen LogP contribution in [0.15, 0.2) is 18.5 Å². The van der Waals surface area contributed by atoms with E-state index in [0.717, 1.165) is 19.0 Å². The summed E-state index contributed by atoms with van der Waals surface area (Å²) in [6.07, 6.45) is 5.08. The molecule has 0 bridgehead atoms. The highest BCUT2D eigenvalue weighted by atomic mass is 19.1. The third-order valence-corrected chi connectivity index (χ3v) is 3.90. The summed E-state index contributed by atoms with van der Waals surface area (Å²) in [7, 11) is 0. The molecule has 112 valence electrons. The predicted molar refractivity (Wildman–Crippen MR) is 75.6 cm³/mol. The Hall–Kier alpha value is -1.49. The lowest BCUT2D eigenvalue weighted by molar-refractivity contribution is -0.121. The summed E-state index contributed by atoms with van der Waals surface area (Å²) >= 11 is 0. The van der Waals surface area contributed by atoms with E-state index in [1.807, 2.05) is 13.8 Å². The van der Waals surface area contributed by atoms with Crippen LogP contribution in [0.5, 0.6) is 0 Å². The molecule has 0 aliphatic rings. The first-order valence-corrected chi connectivity index (χ1v) is 7.02. The maximum atomic E-state index is 12.9. The number of amides is 1. The van der Waals surface area contributed by atoms with Crippen molar-refractivity contribution in [1.29, 1.82) is 0 Å². The van der Waals surface area contributed by atoms with Crippen LogP contribution in [0.2, 0.25) is 0 Å². The second-order valence-electron chi connectivity index (χ2n) is 5.15. The van der Waals surface area contributed by atoms with Gasteiger partial charge in [-0.3, -0.25) is 9.78 Å². The number of carbonyl (C=O) groups is 1. The smallest absolute Gasteiger partial charge is 0.220 e. The molecule has 4 nitrogen and oxygen atoms in total. The normalized spacial score (nSPS) is 11.4. The lowest BCUT2D eigenvalue weighted by Gasteiger charge is -2.29. The van der Waals surface area contributed by atoms with Crippen LogP contribution in [0, 0.1) is 11.2 Å². The van der Waals surface area contributed by atoms with Crippen molar-refractivity contribution in [3.63, 3.8) is 0 Å². The van der Waals surface area contributed by atoms with Crippen molar-refractivity contribution < 1.29 is 14.3 Å². The third-order valence-electron chi connectivity index (χ3n) is 3.90. The zero-order valence-electron chi connectivity index (χ0n) is 12.2. The largest absolute Gasteiger partial charge is 0.396 e. The molecular weight excluding hydrogens is 259 g/mol. The van der Waals surface area contributed by atoms with Gasteiger partial charge in [-0.25, -0.2) is 4.39 Å². The molecule has 5 heteroatoms. The summed E-state index contributed by atoms with van der Waals surface area (Å²) in [6, 6.07) is 1.39. The van der Waals surface area contributed by atoms with Crippen LogP contribution in [-0.4, -0.2) is 29.1 Å². The van der Waals surface area contributed by atoms with Gasteiger partial charge < -0.3 is 10.4 Å². The Bertz CT molecular complexity index is 425. The number of nitrogens with zero attached hydrogens (tertiary/aromatic N) is 1. The van der Waals surface area contributed by atoms with E-state index in [1.54, 1.807) is 6.20 Å². The zero-order valence-corrected chi connectivity index (χ0v) is 12.2. The van der Waals surface area contributed by atoms with Gasteiger partial charge in [0.2, 0.25) is 5.91 Å². The predicted octanol–water partition coefficient (Wildman–Crippen LogP) is 2.07. The fourth-order valence-electron chi connectivity index (χ4n) is 2.00. The standard InChI is InChI=1S/C15H23FN2O2/c1-3-15(4-2,11-19)10-18-14(20)6-5-12-7-13(16)9-17-8-12/h7-9,19H,3-6,10-11H2,1-2H3,(H,18,20). The number of rotatable bonds is 8. The highest BCUT2D eigenvalue weighted by Gasteiger charge is 2.25. The van der Waals surface area contributed by atoms with E-state index >= 15 is 0 Å². The molecule has 1 amide bonds. The number of aryl methyl sites for hydroxylation is 1. The van der Waals surface area contributed by atoms with Gasteiger partial charge in [0.15, 0.2) is 0 Å². The van der Waals surface area contributed by atoms with E-state index in [1.165, 1.54) is 6.07 Å². The second-order valence-corrected chi connectivity index (χ2v) is 5.15. The lowest BCUT2D eigenvalue weighted by atomic mass is 9.83. The van der Waals surface area contributed by atoms with Crippen molar-refractivity contribution in [2.45, 2.75) is 39.5 Å². The van der Waals surface area contributed by atoms with Gasteiger partial charge in [0, 0.05) is 24.6 Å². The SMILES string of the molecule is CCC(CC)(CO)CNC(=O)CCc1cncc(F)c1. The summed E-state index contributed by atoms with van der Waals surface area (Å²) in [5.74, 6) is -0.479. The molecule has 20 heavy (non-hydrogen) atoms. The van der Waals surface area contributed by atoms with Gasteiger partial charge in [-0.2, -0.15) is 0 Å². The topological polar surface area (TPSA) is 62.2 Å². The maximum absolute atomic E-state index is 12.9. The van der Waals surface area contributed by atoms with Crippen LogP contribution in [0.25, 0.3) is 0 Å². The Morgan fingerprint density at radius 2 is 2.10 bits per heavy atom. The summed E-state index contributed by atoms with van der Waals surface area (Å²) < 4.78 is 12.9. The molecule has 0 atom stereocenters. The Labute approximate surface area is 119 Å². The van der Waals surface area contributed by atoms with Crippen LogP contribution >= 0.6 is 0 Å². The summed E-state index contributed by atoms with van der Waals surface area (Å²) in [5.41, 5.74) is 0.468. The van der Waals surface area contributed by atoms with E-state index in [-0.39, 0.29) is 23.7 Å². The fraction of sp³-hybridized carbons (Fsp3) is 0.600. The molecule has 0 aliphatic heterocycles. The number of aromatic nitrogens is 1. The van der Waals surface area contributed by atoms with Gasteiger partial charge in [0.1, 0.15) is 5.82 Å². The number of pyridine rings is 1. The maximum Gasteiger partial charge on any atom is 0.220 e. The fourth-order valence-corrected chi connectivity index (χ4v) is 2.00. The number of aliphatic hydroxyl groups excluding tert-OH is 1. The minimum absolute atomic E-state index is 0.0636. The molecule has 0 aliphatic carbocycles. The molecule has 2 N–H and O–H groups in total. The van der Waals surface area contributed by atoms with Crippen LogP contribution in [-0.2, 0) is 11.2 Å². The quantitative estimate of drug-likeness (QED) is 0.767. The molecule has 0 spiro atoms. The Morgan fingerprint density at radius 1 is 1.40 bits per heavy atom. The molecule has 0 fully saturated rings. The number of hydrogen-bond donors (Lipinski definition) is 2. The van der Waals surface area contributed by atoms with Gasteiger partial charge in [-0.15, -0.1) is 0 Å². The van der Waals surface area contributed by atoms with Gasteiger partial charge >= 0.3 is 0 Å². The van der Waals surface area contributed by atoms with Gasteiger partial charge in [0.25, 0.3) is 0 Å². The Kier molecular flexibility index (Phi) is 6.58. The molecule has 0 saturated carbocycles. The first kappa shape index (κ1) is 16.6. The molecule has 0 aromatic carbocycles. The van der Waals surface area contributed by atoms with E-state index in [4.69, 9.17) is 0 Å². The summed E-state index contributed by atoms with van der Waals surface area (Å²) in [6.45, 7) is 4.54. The highest BCUT2D eigenvalue weighted by Crippen LogP contribution is 2.24. The molecule has 1 aromatic heterocycles. The van der Waals surface area contributed by atoms with Crippen LogP contribution in [0.1, 0.15) is 38.7 Å². The van der Waals surface area contributed by atoms with Crippen molar-refractivity contribution >= 4 is 5.91 Å². The molecule has 0 saturated heterocycles. The van der Waals surface area contributed by atoms with E-state index < -0.39 is 0 Å². The molecule has 1 rings (SSSR count). The minimum atomic E-state index is -0.390. The molecule has 0 unspecified atom stereocenters. The summed E-state index contributed by atoms with van der Waals surface area (Å²) in [4.78, 5) is 15.5. The van der Waals surface area contributed by atoms with Crippen LogP contribution in [0.3, 0.4) is 0 Å². The lowest BCUT2D eigenvalue weighted by Crippen LogP contribution is -2.39. The van der Waals surface area contributed by atoms with E-state index in [0.29, 0.717) is 24.9 Å². The van der Waals surface area contributed by atoms with Crippen molar-refractivity contribution in [3.05, 3.63) is 29.8 Å². The van der Waals surface area contributed by atoms with Crippen LogP contribution < -0.4 is 5.32 Å². The van der Waals surface area contributed by atoms with Crippen molar-refractivity contribution in [2.24, 2.45) is 5.41 Å². The van der Waals surface area contributed by atoms with Crippen LogP contribution in [0.4, 0.5) is 4.39 Å². The number of nitrogens with one attached hydrogen (secondary N) is 1. The van der Waals surface area contributed by atoms with Crippen molar-refractivity contribution in [3.8, 4) is 0 Å². The monoisotopic (exact) mass is 282 g/mol. The van der Waals surface area contributed by atoms with E-state index in [2.05, 4.69) is 10.3 Å². The van der Waals surface area contributed by atoms with Gasteiger partial charge in [0.05, 0.1) is 12.8 Å². The Morgan fingerprint density at radius 3 is 2.65 bits per heavy atom. The number of carbonyl (C=O) groups excluding carboxylic acids is 1. The van der Waals surface area contributed by atoms with Gasteiger partial charge in [-0.05, 0) is 30.9 Å². The van der Waals surface area contributed by atoms with Gasteiger partial charge in [-0.1, -0.05) is 13.8 Å². The minimum Gasteiger partial charge on any atom is -0.396 e. The molecular formula is C15H23FN2O2.